The number of likely N-dealkylation sites (N-methyl/N-ethyl adjacent to an activating group) is 1. The van der Waals surface area contributed by atoms with Crippen molar-refractivity contribution in [2.45, 2.75) is 0 Å². The molecule has 1 aliphatic rings. The van der Waals surface area contributed by atoms with E-state index in [9.17, 15) is 4.79 Å². The Kier molecular flexibility index (Phi) is 3.49. The summed E-state index contributed by atoms with van der Waals surface area (Å²) in [5.74, 6) is 0.355. The summed E-state index contributed by atoms with van der Waals surface area (Å²) in [6.45, 7) is 0. The first kappa shape index (κ1) is 14.0. The van der Waals surface area contributed by atoms with Gasteiger partial charge in [0.15, 0.2) is 5.11 Å². The summed E-state index contributed by atoms with van der Waals surface area (Å²) in [6.07, 6.45) is 3.20. The van der Waals surface area contributed by atoms with E-state index in [1.807, 2.05) is 6.07 Å². The van der Waals surface area contributed by atoms with Gasteiger partial charge in [-0.25, -0.2) is 0 Å². The monoisotopic (exact) mass is 309 g/mol. The average molecular weight is 309 g/mol. The van der Waals surface area contributed by atoms with E-state index in [0.29, 0.717) is 27.8 Å². The van der Waals surface area contributed by atoms with Crippen LogP contribution >= 0.6 is 12.2 Å². The highest BCUT2D eigenvalue weighted by Crippen LogP contribution is 2.28. The van der Waals surface area contributed by atoms with Crippen molar-refractivity contribution < 1.29 is 9.21 Å². The molecule has 22 heavy (non-hydrogen) atoms. The van der Waals surface area contributed by atoms with E-state index < -0.39 is 0 Å². The topological polar surface area (TPSA) is 60.5 Å². The van der Waals surface area contributed by atoms with Crippen molar-refractivity contribution in [1.82, 2.24) is 4.90 Å². The van der Waals surface area contributed by atoms with Crippen molar-refractivity contribution in [3.8, 4) is 6.07 Å². The SMILES string of the molecule is CN1C(=S)N(c2ccc(C#N)cc2)C(=O)/C1=C\c1ccco1. The Hall–Kier alpha value is -2.91. The highest BCUT2D eigenvalue weighted by atomic mass is 32.1. The number of thiocarbonyl (C=S) groups is 1. The summed E-state index contributed by atoms with van der Waals surface area (Å²) >= 11 is 5.35. The van der Waals surface area contributed by atoms with Gasteiger partial charge < -0.3 is 9.32 Å². The summed E-state index contributed by atoms with van der Waals surface area (Å²) < 4.78 is 5.25. The number of carbonyl (C=O) groups excluding carboxylic acids is 1. The molecular formula is C16H11N3O2S. The lowest BCUT2D eigenvalue weighted by atomic mass is 10.2. The Labute approximate surface area is 132 Å². The molecule has 5 nitrogen and oxygen atoms in total. The highest BCUT2D eigenvalue weighted by molar-refractivity contribution is 7.80. The third-order valence-corrected chi connectivity index (χ3v) is 3.79. The maximum absolute atomic E-state index is 12.6. The number of hydrogen-bond acceptors (Lipinski definition) is 4. The number of rotatable bonds is 2. The van der Waals surface area contributed by atoms with Crippen LogP contribution in [0.1, 0.15) is 11.3 Å². The Bertz CT molecular complexity index is 801. The lowest BCUT2D eigenvalue weighted by Gasteiger charge is -2.16. The summed E-state index contributed by atoms with van der Waals surface area (Å²) in [5.41, 5.74) is 1.59. The van der Waals surface area contributed by atoms with Crippen LogP contribution in [0, 0.1) is 11.3 Å². The molecule has 6 heteroatoms. The number of nitriles is 1. The second-order valence-corrected chi connectivity index (χ2v) is 5.05. The maximum Gasteiger partial charge on any atom is 0.281 e. The van der Waals surface area contributed by atoms with Crippen molar-refractivity contribution in [2.24, 2.45) is 0 Å². The number of amides is 1. The zero-order chi connectivity index (χ0) is 15.7. The maximum atomic E-state index is 12.6. The molecular weight excluding hydrogens is 298 g/mol. The summed E-state index contributed by atoms with van der Waals surface area (Å²) in [5, 5.41) is 9.22. The zero-order valence-electron chi connectivity index (χ0n) is 11.7. The summed E-state index contributed by atoms with van der Waals surface area (Å²) in [7, 11) is 1.73. The lowest BCUT2D eigenvalue weighted by Crippen LogP contribution is -2.31. The summed E-state index contributed by atoms with van der Waals surface area (Å²) in [6, 6.07) is 12.3. The van der Waals surface area contributed by atoms with E-state index in [0.717, 1.165) is 0 Å². The first-order chi connectivity index (χ1) is 10.6. The molecule has 0 N–H and O–H groups in total. The predicted molar refractivity (Wildman–Crippen MR) is 85.7 cm³/mol. The average Bonchev–Trinajstić information content (AvgIpc) is 3.11. The first-order valence-electron chi connectivity index (χ1n) is 6.49. The summed E-state index contributed by atoms with van der Waals surface area (Å²) in [4.78, 5) is 15.7. The van der Waals surface area contributed by atoms with Gasteiger partial charge in [0.05, 0.1) is 23.6 Å². The molecule has 0 radical (unpaired) electrons. The van der Waals surface area contributed by atoms with Crippen molar-refractivity contribution >= 4 is 35.0 Å². The molecule has 0 spiro atoms. The normalized spacial score (nSPS) is 16.5. The fourth-order valence-electron chi connectivity index (χ4n) is 2.18. The minimum Gasteiger partial charge on any atom is -0.465 e. The quantitative estimate of drug-likeness (QED) is 0.630. The highest BCUT2D eigenvalue weighted by Gasteiger charge is 2.36. The number of nitrogens with zero attached hydrogens (tertiary/aromatic N) is 3. The molecule has 2 aromatic rings. The van der Waals surface area contributed by atoms with Gasteiger partial charge >= 0.3 is 0 Å². The van der Waals surface area contributed by atoms with Gasteiger partial charge in [-0.1, -0.05) is 0 Å². The van der Waals surface area contributed by atoms with Crippen LogP contribution in [-0.4, -0.2) is 23.0 Å². The van der Waals surface area contributed by atoms with Crippen LogP contribution in [0.3, 0.4) is 0 Å². The van der Waals surface area contributed by atoms with Crippen LogP contribution in [0.2, 0.25) is 0 Å². The van der Waals surface area contributed by atoms with Crippen LogP contribution in [0.4, 0.5) is 5.69 Å². The Balaban J connectivity index is 1.98. The standard InChI is InChI=1S/C16H11N3O2S/c1-18-14(9-13-3-2-8-21-13)15(20)19(16(18)22)12-6-4-11(10-17)5-7-12/h2-9H,1H3/b14-9+. The van der Waals surface area contributed by atoms with Crippen molar-refractivity contribution in [3.63, 3.8) is 0 Å². The molecule has 0 saturated carbocycles. The minimum absolute atomic E-state index is 0.228. The molecule has 1 fully saturated rings. The van der Waals surface area contributed by atoms with E-state index in [2.05, 4.69) is 0 Å². The molecule has 1 saturated heterocycles. The van der Waals surface area contributed by atoms with Gasteiger partial charge in [-0.3, -0.25) is 9.69 Å². The predicted octanol–water partition coefficient (Wildman–Crippen LogP) is 2.76. The van der Waals surface area contributed by atoms with E-state index in [-0.39, 0.29) is 5.91 Å². The van der Waals surface area contributed by atoms with E-state index >= 15 is 0 Å². The van der Waals surface area contributed by atoms with Crippen LogP contribution in [0.15, 0.2) is 52.8 Å². The number of carbonyl (C=O) groups is 1. The number of furan rings is 1. The number of benzene rings is 1. The van der Waals surface area contributed by atoms with Gasteiger partial charge in [0.25, 0.3) is 5.91 Å². The Morgan fingerprint density at radius 3 is 2.59 bits per heavy atom. The van der Waals surface area contributed by atoms with Gasteiger partial charge in [0.1, 0.15) is 11.5 Å². The molecule has 0 aliphatic carbocycles. The van der Waals surface area contributed by atoms with Crippen LogP contribution in [0.5, 0.6) is 0 Å². The molecule has 0 atom stereocenters. The molecule has 3 rings (SSSR count). The molecule has 1 aliphatic heterocycles. The first-order valence-corrected chi connectivity index (χ1v) is 6.90. The second kappa shape index (κ2) is 5.47. The molecule has 1 aromatic carbocycles. The van der Waals surface area contributed by atoms with Gasteiger partial charge in [0.2, 0.25) is 0 Å². The van der Waals surface area contributed by atoms with Gasteiger partial charge in [-0.15, -0.1) is 0 Å². The van der Waals surface area contributed by atoms with Crippen molar-refractivity contribution in [1.29, 1.82) is 5.26 Å². The molecule has 2 heterocycles. The van der Waals surface area contributed by atoms with E-state index in [4.69, 9.17) is 21.9 Å². The second-order valence-electron chi connectivity index (χ2n) is 4.69. The molecule has 1 aromatic heterocycles. The van der Waals surface area contributed by atoms with Gasteiger partial charge in [0, 0.05) is 13.1 Å². The fourth-order valence-corrected chi connectivity index (χ4v) is 2.46. The van der Waals surface area contributed by atoms with Crippen LogP contribution in [-0.2, 0) is 4.79 Å². The van der Waals surface area contributed by atoms with E-state index in [1.54, 1.807) is 60.7 Å². The number of anilines is 1. The molecule has 108 valence electrons. The van der Waals surface area contributed by atoms with Gasteiger partial charge in [-0.05, 0) is 48.6 Å². The minimum atomic E-state index is -0.228. The van der Waals surface area contributed by atoms with Crippen molar-refractivity contribution in [2.75, 3.05) is 11.9 Å². The van der Waals surface area contributed by atoms with Crippen LogP contribution < -0.4 is 4.90 Å². The fraction of sp³-hybridized carbons (Fsp3) is 0.0625. The van der Waals surface area contributed by atoms with Gasteiger partial charge in [-0.2, -0.15) is 5.26 Å². The lowest BCUT2D eigenvalue weighted by molar-refractivity contribution is -0.114. The van der Waals surface area contributed by atoms with E-state index in [1.165, 1.54) is 4.90 Å². The number of hydrogen-bond donors (Lipinski definition) is 0. The molecule has 0 unspecified atom stereocenters. The van der Waals surface area contributed by atoms with Crippen LogP contribution in [0.25, 0.3) is 6.08 Å². The van der Waals surface area contributed by atoms with Crippen molar-refractivity contribution in [3.05, 3.63) is 59.7 Å². The molecule has 1 amide bonds. The zero-order valence-corrected chi connectivity index (χ0v) is 12.5. The Morgan fingerprint density at radius 1 is 1.27 bits per heavy atom. The third-order valence-electron chi connectivity index (χ3n) is 3.34. The molecule has 0 bridgehead atoms. The third kappa shape index (κ3) is 2.28. The Morgan fingerprint density at radius 2 is 2.00 bits per heavy atom. The smallest absolute Gasteiger partial charge is 0.281 e. The largest absolute Gasteiger partial charge is 0.465 e.